The lowest BCUT2D eigenvalue weighted by Crippen LogP contribution is -2.19. The quantitative estimate of drug-likeness (QED) is 0.657. The van der Waals surface area contributed by atoms with E-state index in [0.29, 0.717) is 17.0 Å². The SMILES string of the molecule is C/C(=N/Nc1cn[nH]c(=O)c1Cl)c1ccc(N2CCCC2)c(F)c1. The van der Waals surface area contributed by atoms with Gasteiger partial charge in [0.1, 0.15) is 16.5 Å². The summed E-state index contributed by atoms with van der Waals surface area (Å²) in [6.45, 7) is 3.52. The van der Waals surface area contributed by atoms with E-state index in [-0.39, 0.29) is 16.5 Å². The Balaban J connectivity index is 1.79. The van der Waals surface area contributed by atoms with Crippen LogP contribution in [0.3, 0.4) is 0 Å². The van der Waals surface area contributed by atoms with Crippen LogP contribution in [0.1, 0.15) is 25.3 Å². The third-order valence-corrected chi connectivity index (χ3v) is 4.33. The molecule has 0 unspecified atom stereocenters. The van der Waals surface area contributed by atoms with Crippen molar-refractivity contribution in [3.8, 4) is 0 Å². The molecule has 3 rings (SSSR count). The number of halogens is 2. The fourth-order valence-corrected chi connectivity index (χ4v) is 2.75. The number of hydrogen-bond acceptors (Lipinski definition) is 5. The number of aromatic nitrogens is 2. The number of H-pyrrole nitrogens is 1. The van der Waals surface area contributed by atoms with Gasteiger partial charge in [-0.05, 0) is 31.9 Å². The van der Waals surface area contributed by atoms with Crippen molar-refractivity contribution in [1.29, 1.82) is 0 Å². The maximum absolute atomic E-state index is 14.3. The highest BCUT2D eigenvalue weighted by Crippen LogP contribution is 2.24. The second-order valence-electron chi connectivity index (χ2n) is 5.60. The molecule has 1 aromatic heterocycles. The molecule has 1 aromatic carbocycles. The Morgan fingerprint density at radius 2 is 2.17 bits per heavy atom. The number of hydrogen-bond donors (Lipinski definition) is 2. The average Bonchev–Trinajstić information content (AvgIpc) is 3.10. The van der Waals surface area contributed by atoms with Gasteiger partial charge in [0.15, 0.2) is 0 Å². The van der Waals surface area contributed by atoms with E-state index in [1.165, 1.54) is 12.3 Å². The van der Waals surface area contributed by atoms with E-state index >= 15 is 0 Å². The van der Waals surface area contributed by atoms with Gasteiger partial charge in [0.05, 0.1) is 17.6 Å². The highest BCUT2D eigenvalue weighted by molar-refractivity contribution is 6.32. The lowest BCUT2D eigenvalue weighted by molar-refractivity contribution is 0.623. The van der Waals surface area contributed by atoms with Crippen molar-refractivity contribution in [1.82, 2.24) is 10.2 Å². The fourth-order valence-electron chi connectivity index (χ4n) is 2.62. The Kier molecular flexibility index (Phi) is 4.80. The van der Waals surface area contributed by atoms with Crippen LogP contribution in [0, 0.1) is 5.82 Å². The average molecular weight is 350 g/mol. The molecule has 1 saturated heterocycles. The first-order chi connectivity index (χ1) is 11.6. The molecule has 8 heteroatoms. The second-order valence-corrected chi connectivity index (χ2v) is 5.97. The number of anilines is 2. The summed E-state index contributed by atoms with van der Waals surface area (Å²) < 4.78 is 14.3. The van der Waals surface area contributed by atoms with Crippen LogP contribution in [0.4, 0.5) is 15.8 Å². The Morgan fingerprint density at radius 1 is 1.42 bits per heavy atom. The molecule has 126 valence electrons. The summed E-state index contributed by atoms with van der Waals surface area (Å²) in [7, 11) is 0. The molecule has 0 spiro atoms. The van der Waals surface area contributed by atoms with Crippen LogP contribution in [-0.2, 0) is 0 Å². The summed E-state index contributed by atoms with van der Waals surface area (Å²) in [6.07, 6.45) is 3.55. The predicted octanol–water partition coefficient (Wildman–Crippen LogP) is 3.00. The summed E-state index contributed by atoms with van der Waals surface area (Å²) in [5, 5.41) is 9.98. The van der Waals surface area contributed by atoms with Crippen LogP contribution < -0.4 is 15.9 Å². The fraction of sp³-hybridized carbons (Fsp3) is 0.312. The highest BCUT2D eigenvalue weighted by Gasteiger charge is 2.16. The zero-order valence-corrected chi connectivity index (χ0v) is 13.9. The van der Waals surface area contributed by atoms with Crippen LogP contribution in [0.2, 0.25) is 5.02 Å². The maximum Gasteiger partial charge on any atom is 0.285 e. The van der Waals surface area contributed by atoms with E-state index in [1.54, 1.807) is 13.0 Å². The van der Waals surface area contributed by atoms with Crippen LogP contribution in [0.25, 0.3) is 0 Å². The highest BCUT2D eigenvalue weighted by atomic mass is 35.5. The molecule has 6 nitrogen and oxygen atoms in total. The number of benzene rings is 1. The van der Waals surface area contributed by atoms with Crippen LogP contribution in [0.5, 0.6) is 0 Å². The van der Waals surface area contributed by atoms with Crippen molar-refractivity contribution < 1.29 is 4.39 Å². The summed E-state index contributed by atoms with van der Waals surface area (Å²) in [6, 6.07) is 5.07. The first kappa shape index (κ1) is 16.4. The minimum Gasteiger partial charge on any atom is -0.369 e. The lowest BCUT2D eigenvalue weighted by atomic mass is 10.1. The number of nitrogens with zero attached hydrogens (tertiary/aromatic N) is 3. The second kappa shape index (κ2) is 7.00. The van der Waals surface area contributed by atoms with Gasteiger partial charge in [0.2, 0.25) is 0 Å². The van der Waals surface area contributed by atoms with E-state index in [9.17, 15) is 9.18 Å². The van der Waals surface area contributed by atoms with Crippen molar-refractivity contribution in [3.05, 3.63) is 51.2 Å². The molecule has 0 atom stereocenters. The van der Waals surface area contributed by atoms with Crippen LogP contribution in [-0.4, -0.2) is 29.0 Å². The summed E-state index contributed by atoms with van der Waals surface area (Å²) in [4.78, 5) is 13.4. The molecule has 0 aliphatic carbocycles. The molecule has 0 radical (unpaired) electrons. The van der Waals surface area contributed by atoms with Crippen molar-refractivity contribution in [2.24, 2.45) is 5.10 Å². The molecule has 1 aliphatic rings. The Morgan fingerprint density at radius 3 is 2.88 bits per heavy atom. The van der Waals surface area contributed by atoms with Gasteiger partial charge in [0, 0.05) is 18.7 Å². The molecule has 0 bridgehead atoms. The van der Waals surface area contributed by atoms with Gasteiger partial charge in [-0.2, -0.15) is 10.2 Å². The van der Waals surface area contributed by atoms with Crippen LogP contribution in [0.15, 0.2) is 34.3 Å². The topological polar surface area (TPSA) is 73.4 Å². The molecule has 1 aliphatic heterocycles. The molecule has 1 fully saturated rings. The van der Waals surface area contributed by atoms with E-state index in [4.69, 9.17) is 11.6 Å². The third-order valence-electron chi connectivity index (χ3n) is 3.95. The van der Waals surface area contributed by atoms with Gasteiger partial charge >= 0.3 is 0 Å². The molecule has 0 amide bonds. The normalized spacial score (nSPS) is 15.0. The number of rotatable bonds is 4. The van der Waals surface area contributed by atoms with Gasteiger partial charge in [-0.3, -0.25) is 10.2 Å². The van der Waals surface area contributed by atoms with E-state index in [1.807, 2.05) is 11.0 Å². The summed E-state index contributed by atoms with van der Waals surface area (Å²) >= 11 is 5.86. The van der Waals surface area contributed by atoms with E-state index in [2.05, 4.69) is 20.7 Å². The standard InChI is InChI=1S/C16H17ClFN5O/c1-10(20-21-13-9-19-22-16(24)15(13)17)11-4-5-14(12(18)8-11)23-6-2-3-7-23/h4-5,8-9H,2-3,6-7H2,1H3,(H2,21,22,24)/b20-10-. The minimum absolute atomic E-state index is 0.0305. The Labute approximate surface area is 143 Å². The Bertz CT molecular complexity index is 829. The van der Waals surface area contributed by atoms with Gasteiger partial charge in [-0.1, -0.05) is 17.7 Å². The van der Waals surface area contributed by atoms with Gasteiger partial charge in [0.25, 0.3) is 5.56 Å². The monoisotopic (exact) mass is 349 g/mol. The van der Waals surface area contributed by atoms with Gasteiger partial charge in [-0.15, -0.1) is 0 Å². The number of hydrazone groups is 1. The molecular formula is C16H17ClFN5O. The molecule has 2 heterocycles. The summed E-state index contributed by atoms with van der Waals surface area (Å²) in [5.41, 5.74) is 4.31. The first-order valence-corrected chi connectivity index (χ1v) is 8.02. The molecule has 2 aromatic rings. The predicted molar refractivity (Wildman–Crippen MR) is 93.5 cm³/mol. The lowest BCUT2D eigenvalue weighted by Gasteiger charge is -2.18. The first-order valence-electron chi connectivity index (χ1n) is 7.64. The maximum atomic E-state index is 14.3. The van der Waals surface area contributed by atoms with Crippen molar-refractivity contribution in [2.75, 3.05) is 23.4 Å². The van der Waals surface area contributed by atoms with Gasteiger partial charge in [-0.25, -0.2) is 9.49 Å². The largest absolute Gasteiger partial charge is 0.369 e. The molecule has 2 N–H and O–H groups in total. The molecule has 24 heavy (non-hydrogen) atoms. The molecule has 0 saturated carbocycles. The van der Waals surface area contributed by atoms with E-state index in [0.717, 1.165) is 25.9 Å². The van der Waals surface area contributed by atoms with Crippen LogP contribution >= 0.6 is 11.6 Å². The third kappa shape index (κ3) is 3.41. The van der Waals surface area contributed by atoms with Crippen molar-refractivity contribution in [3.63, 3.8) is 0 Å². The number of aromatic amines is 1. The van der Waals surface area contributed by atoms with Gasteiger partial charge < -0.3 is 4.90 Å². The molecular weight excluding hydrogens is 333 g/mol. The van der Waals surface area contributed by atoms with Crippen molar-refractivity contribution >= 4 is 28.7 Å². The zero-order valence-electron chi connectivity index (χ0n) is 13.1. The number of nitrogens with one attached hydrogen (secondary N) is 2. The minimum atomic E-state index is -0.504. The van der Waals surface area contributed by atoms with Crippen molar-refractivity contribution in [2.45, 2.75) is 19.8 Å². The Hall–Kier alpha value is -2.41. The summed E-state index contributed by atoms with van der Waals surface area (Å²) in [5.74, 6) is -0.264. The zero-order chi connectivity index (χ0) is 17.1. The smallest absolute Gasteiger partial charge is 0.285 e. The van der Waals surface area contributed by atoms with E-state index < -0.39 is 5.56 Å².